The van der Waals surface area contributed by atoms with Crippen LogP contribution in [0.1, 0.15) is 25.7 Å². The third kappa shape index (κ3) is 4.67. The van der Waals surface area contributed by atoms with Crippen molar-refractivity contribution in [2.75, 3.05) is 25.9 Å². The van der Waals surface area contributed by atoms with Crippen LogP contribution in [0.4, 0.5) is 4.79 Å². The zero-order valence-electron chi connectivity index (χ0n) is 11.1. The number of urea groups is 1. The largest absolute Gasteiger partial charge is 0.480 e. The van der Waals surface area contributed by atoms with E-state index in [4.69, 9.17) is 11.5 Å². The van der Waals surface area contributed by atoms with Crippen LogP contribution in [-0.4, -0.2) is 52.6 Å². The Balaban J connectivity index is 2.52. The Morgan fingerprint density at radius 2 is 2.11 bits per heavy atom. The molecule has 0 aliphatic heterocycles. The molecule has 1 rings (SSSR count). The van der Waals surface area contributed by atoms with E-state index in [0.717, 1.165) is 17.7 Å². The van der Waals surface area contributed by atoms with Gasteiger partial charge >= 0.3 is 12.0 Å². The highest BCUT2D eigenvalue weighted by molar-refractivity contribution is 8.00. The van der Waals surface area contributed by atoms with Gasteiger partial charge in [0.1, 0.15) is 6.54 Å². The van der Waals surface area contributed by atoms with Gasteiger partial charge in [-0.3, -0.25) is 4.79 Å². The number of carbonyl (C=O) groups excluding carboxylic acids is 1. The molecule has 1 aliphatic rings. The number of hydrogen-bond acceptors (Lipinski definition) is 3. The highest BCUT2D eigenvalue weighted by atomic mass is 32.2. The first-order chi connectivity index (χ1) is 9.03. The van der Waals surface area contributed by atoms with E-state index in [1.165, 1.54) is 12.8 Å². The van der Waals surface area contributed by atoms with Crippen molar-refractivity contribution in [1.29, 1.82) is 0 Å². The highest BCUT2D eigenvalue weighted by Gasteiger charge is 2.33. The van der Waals surface area contributed by atoms with Gasteiger partial charge < -0.3 is 15.3 Å². The molecule has 106 valence electrons. The first-order valence-corrected chi connectivity index (χ1v) is 7.49. The van der Waals surface area contributed by atoms with Gasteiger partial charge in [0, 0.05) is 11.3 Å². The molecule has 0 heterocycles. The molecule has 0 unspecified atom stereocenters. The molecule has 0 aromatic carbocycles. The van der Waals surface area contributed by atoms with Gasteiger partial charge in [-0.25, -0.2) is 4.79 Å². The smallest absolute Gasteiger partial charge is 0.323 e. The van der Waals surface area contributed by atoms with Crippen molar-refractivity contribution in [2.24, 2.45) is 0 Å². The van der Waals surface area contributed by atoms with Gasteiger partial charge in [-0.05, 0) is 19.1 Å². The lowest BCUT2D eigenvalue weighted by Gasteiger charge is -2.28. The average Bonchev–Trinajstić information content (AvgIpc) is 2.84. The number of thioether (sulfide) groups is 1. The molecule has 0 saturated heterocycles. The molecule has 2 N–H and O–H groups in total. The monoisotopic (exact) mass is 284 g/mol. The number of hydrogen-bond donors (Lipinski definition) is 2. The maximum atomic E-state index is 11.9. The summed E-state index contributed by atoms with van der Waals surface area (Å²) in [6, 6.07) is -0.402. The number of amides is 2. The number of nitrogens with one attached hydrogen (secondary N) is 1. The van der Waals surface area contributed by atoms with Crippen molar-refractivity contribution in [3.8, 4) is 12.3 Å². The number of rotatable bonds is 6. The molecule has 19 heavy (non-hydrogen) atoms. The second-order valence-electron chi connectivity index (χ2n) is 4.71. The SMILES string of the molecule is C#CCN(CC(=O)O)C(=O)NCC1(SC)CCCC1. The number of nitrogens with zero attached hydrogens (tertiary/aromatic N) is 1. The van der Waals surface area contributed by atoms with E-state index in [1.807, 2.05) is 6.26 Å². The third-order valence-electron chi connectivity index (χ3n) is 3.41. The molecule has 5 nitrogen and oxygen atoms in total. The lowest BCUT2D eigenvalue weighted by Crippen LogP contribution is -2.47. The first-order valence-electron chi connectivity index (χ1n) is 6.26. The molecular weight excluding hydrogens is 264 g/mol. The van der Waals surface area contributed by atoms with E-state index >= 15 is 0 Å². The van der Waals surface area contributed by atoms with Gasteiger partial charge in [0.25, 0.3) is 0 Å². The normalized spacial score (nSPS) is 16.6. The summed E-state index contributed by atoms with van der Waals surface area (Å²) in [5.41, 5.74) is 0. The van der Waals surface area contributed by atoms with Crippen LogP contribution in [0.25, 0.3) is 0 Å². The fraction of sp³-hybridized carbons (Fsp3) is 0.692. The summed E-state index contributed by atoms with van der Waals surface area (Å²) in [5.74, 6) is 1.24. The van der Waals surface area contributed by atoms with Crippen LogP contribution in [0.2, 0.25) is 0 Å². The van der Waals surface area contributed by atoms with Crippen LogP contribution in [0.15, 0.2) is 0 Å². The summed E-state index contributed by atoms with van der Waals surface area (Å²) in [6.45, 7) is 0.195. The zero-order chi connectivity index (χ0) is 14.3. The van der Waals surface area contributed by atoms with Crippen molar-refractivity contribution in [3.63, 3.8) is 0 Å². The van der Waals surface area contributed by atoms with Crippen LogP contribution >= 0.6 is 11.8 Å². The van der Waals surface area contributed by atoms with Crippen molar-refractivity contribution in [2.45, 2.75) is 30.4 Å². The van der Waals surface area contributed by atoms with E-state index in [1.54, 1.807) is 11.8 Å². The van der Waals surface area contributed by atoms with E-state index in [2.05, 4.69) is 11.2 Å². The summed E-state index contributed by atoms with van der Waals surface area (Å²) in [5, 5.41) is 11.6. The summed E-state index contributed by atoms with van der Waals surface area (Å²) in [4.78, 5) is 23.7. The molecule has 0 bridgehead atoms. The quantitative estimate of drug-likeness (QED) is 0.723. The second kappa shape index (κ2) is 7.29. The van der Waals surface area contributed by atoms with E-state index in [0.29, 0.717) is 6.54 Å². The molecule has 0 aromatic rings. The molecule has 1 fully saturated rings. The Kier molecular flexibility index (Phi) is 6.03. The number of carboxylic acid groups (broad SMARTS) is 1. The Labute approximate surface area is 118 Å². The number of aliphatic carboxylic acids is 1. The fourth-order valence-corrected chi connectivity index (χ4v) is 3.21. The van der Waals surface area contributed by atoms with Gasteiger partial charge in [0.05, 0.1) is 6.54 Å². The lowest BCUT2D eigenvalue weighted by molar-refractivity contribution is -0.137. The predicted octanol–water partition coefficient (Wildman–Crippen LogP) is 1.39. The van der Waals surface area contributed by atoms with Crippen LogP contribution in [-0.2, 0) is 4.79 Å². The lowest BCUT2D eigenvalue weighted by atomic mass is 10.1. The maximum absolute atomic E-state index is 11.9. The Hall–Kier alpha value is -1.35. The second-order valence-corrected chi connectivity index (χ2v) is 5.98. The van der Waals surface area contributed by atoms with Gasteiger partial charge in [-0.1, -0.05) is 18.8 Å². The minimum absolute atomic E-state index is 0.00437. The average molecular weight is 284 g/mol. The van der Waals surface area contributed by atoms with Crippen molar-refractivity contribution >= 4 is 23.8 Å². The van der Waals surface area contributed by atoms with Gasteiger partial charge in [0.2, 0.25) is 0 Å². The highest BCUT2D eigenvalue weighted by Crippen LogP contribution is 2.39. The molecule has 0 atom stereocenters. The maximum Gasteiger partial charge on any atom is 0.323 e. The molecule has 0 aromatic heterocycles. The summed E-state index contributed by atoms with van der Waals surface area (Å²) in [7, 11) is 0. The van der Waals surface area contributed by atoms with E-state index < -0.39 is 12.0 Å². The Morgan fingerprint density at radius 3 is 2.58 bits per heavy atom. The zero-order valence-corrected chi connectivity index (χ0v) is 12.0. The Bertz CT molecular complexity index is 373. The number of terminal acetylenes is 1. The molecule has 1 saturated carbocycles. The number of carboxylic acids is 1. The molecular formula is C13H20N2O3S. The van der Waals surface area contributed by atoms with Crippen LogP contribution in [0.3, 0.4) is 0 Å². The first kappa shape index (κ1) is 15.7. The molecule has 1 aliphatic carbocycles. The molecule has 0 spiro atoms. The molecule has 0 radical (unpaired) electrons. The summed E-state index contributed by atoms with van der Waals surface area (Å²) < 4.78 is 0.0979. The predicted molar refractivity (Wildman–Crippen MR) is 76.2 cm³/mol. The minimum atomic E-state index is -1.06. The molecule has 2 amide bonds. The minimum Gasteiger partial charge on any atom is -0.480 e. The van der Waals surface area contributed by atoms with Gasteiger partial charge in [0.15, 0.2) is 0 Å². The van der Waals surface area contributed by atoms with E-state index in [9.17, 15) is 9.59 Å². The Morgan fingerprint density at radius 1 is 1.47 bits per heavy atom. The molecule has 6 heteroatoms. The van der Waals surface area contributed by atoms with Crippen LogP contribution in [0.5, 0.6) is 0 Å². The summed E-state index contributed by atoms with van der Waals surface area (Å²) in [6.07, 6.45) is 11.7. The fourth-order valence-electron chi connectivity index (χ4n) is 2.29. The van der Waals surface area contributed by atoms with Crippen molar-refractivity contribution < 1.29 is 14.7 Å². The number of carbonyl (C=O) groups is 2. The standard InChI is InChI=1S/C13H20N2O3S/c1-3-8-15(9-11(16)17)12(18)14-10-13(19-2)6-4-5-7-13/h1H,4-10H2,2H3,(H,14,18)(H,16,17). The topological polar surface area (TPSA) is 69.6 Å². The third-order valence-corrected chi connectivity index (χ3v) is 4.82. The van der Waals surface area contributed by atoms with Crippen LogP contribution in [0, 0.1) is 12.3 Å². The van der Waals surface area contributed by atoms with Gasteiger partial charge in [-0.15, -0.1) is 6.42 Å². The van der Waals surface area contributed by atoms with Crippen LogP contribution < -0.4 is 5.32 Å². The summed E-state index contributed by atoms with van der Waals surface area (Å²) >= 11 is 1.77. The van der Waals surface area contributed by atoms with Crippen molar-refractivity contribution in [3.05, 3.63) is 0 Å². The van der Waals surface area contributed by atoms with Gasteiger partial charge in [-0.2, -0.15) is 11.8 Å². The van der Waals surface area contributed by atoms with Crippen molar-refractivity contribution in [1.82, 2.24) is 10.2 Å². The van der Waals surface area contributed by atoms with E-state index in [-0.39, 0.29) is 17.8 Å².